The van der Waals surface area contributed by atoms with Crippen molar-refractivity contribution in [2.24, 2.45) is 0 Å². The molecule has 1 aromatic rings. The molecular weight excluding hydrogens is 365 g/mol. The van der Waals surface area contributed by atoms with Crippen LogP contribution in [0.2, 0.25) is 0 Å². The Morgan fingerprint density at radius 2 is 1.96 bits per heavy atom. The summed E-state index contributed by atoms with van der Waals surface area (Å²) < 4.78 is 14.5. The average molecular weight is 380 g/mol. The van der Waals surface area contributed by atoms with Crippen molar-refractivity contribution in [2.45, 2.75) is 30.7 Å². The molecule has 0 bridgehead atoms. The van der Waals surface area contributed by atoms with E-state index in [-0.39, 0.29) is 11.4 Å². The summed E-state index contributed by atoms with van der Waals surface area (Å²) in [5, 5.41) is 48.5. The molecule has 0 aliphatic carbocycles. The van der Waals surface area contributed by atoms with Gasteiger partial charge >= 0.3 is 0 Å². The molecule has 1 saturated heterocycles. The van der Waals surface area contributed by atoms with Crippen LogP contribution >= 0.6 is 9.47 Å². The van der Waals surface area contributed by atoms with Gasteiger partial charge in [0.1, 0.15) is 46.2 Å². The number of nitro groups is 1. The van der Waals surface area contributed by atoms with Crippen molar-refractivity contribution >= 4 is 15.2 Å². The van der Waals surface area contributed by atoms with Crippen molar-refractivity contribution in [3.63, 3.8) is 0 Å². The van der Waals surface area contributed by atoms with E-state index < -0.39 is 42.2 Å². The summed E-state index contributed by atoms with van der Waals surface area (Å²) in [6.07, 6.45) is -7.36. The summed E-state index contributed by atoms with van der Waals surface area (Å²) in [7, 11) is 2.47. The Balaban J connectivity index is 2.03. The van der Waals surface area contributed by atoms with Gasteiger partial charge in [-0.1, -0.05) is 6.07 Å². The van der Waals surface area contributed by atoms with Crippen LogP contribution in [0.4, 0.5) is 5.69 Å². The normalized spacial score (nSPS) is 29.4. The van der Waals surface area contributed by atoms with Crippen LogP contribution in [0.25, 0.3) is 0 Å². The van der Waals surface area contributed by atoms with E-state index in [0.29, 0.717) is 0 Å². The molecule has 1 aromatic carbocycles. The van der Waals surface area contributed by atoms with E-state index in [4.69, 9.17) is 9.47 Å². The molecule has 0 saturated carbocycles. The third-order valence-electron chi connectivity index (χ3n) is 3.29. The Bertz CT molecular complexity index is 576. The van der Waals surface area contributed by atoms with Crippen LogP contribution in [0.3, 0.4) is 0 Å². The zero-order valence-corrected chi connectivity index (χ0v) is 13.5. The average Bonchev–Trinajstić information content (AvgIpc) is 2.60. The number of hydrogen-bond donors (Lipinski definition) is 3. The number of aliphatic hydroxyl groups excluding tert-OH is 3. The van der Waals surface area contributed by atoms with Gasteiger partial charge in [0.2, 0.25) is 6.29 Å². The quantitative estimate of drug-likeness (QED) is 0.178. The topological polar surface area (TPSA) is 159 Å². The summed E-state index contributed by atoms with van der Waals surface area (Å²) in [5.41, 5.74) is -0.233. The summed E-state index contributed by atoms with van der Waals surface area (Å²) >= 11 is 0. The maximum Gasteiger partial charge on any atom is 0.273 e. The number of aliphatic hydroxyl groups is 3. The number of nitrogens with zero attached hydrogens (tertiary/aromatic N) is 1. The molecule has 1 aliphatic heterocycles. The fraction of sp³-hybridized carbons (Fsp3) is 0.500. The molecule has 25 heavy (non-hydrogen) atoms. The lowest BCUT2D eigenvalue weighted by molar-refractivity contribution is -0.608. The first kappa shape index (κ1) is 19.8. The minimum absolute atomic E-state index is 0.0218. The maximum absolute atomic E-state index is 10.8. The fourth-order valence-corrected chi connectivity index (χ4v) is 2.11. The molecule has 0 aromatic heterocycles. The number of nitro benzene ring substituents is 1. The molecule has 5 atom stereocenters. The van der Waals surface area contributed by atoms with Crippen molar-refractivity contribution in [1.82, 2.24) is 0 Å². The summed E-state index contributed by atoms with van der Waals surface area (Å²) in [5.74, 6) is 0.0218. The molecule has 12 nitrogen and oxygen atoms in total. The lowest BCUT2D eigenvalue weighted by Gasteiger charge is -2.39. The van der Waals surface area contributed by atoms with Crippen LogP contribution in [0.1, 0.15) is 0 Å². The SMILES string of the molecule is O=[N+]([O-])c1cccc(O[C@@H]2O[C@H](COOOO[PH])[C@H](O)[C@H](O)[C@H]2O)c1. The summed E-state index contributed by atoms with van der Waals surface area (Å²) in [6, 6.07) is 5.14. The number of non-ortho nitro benzene ring substituents is 1. The molecule has 13 heteroatoms. The van der Waals surface area contributed by atoms with Gasteiger partial charge in [0.25, 0.3) is 5.69 Å². The van der Waals surface area contributed by atoms with Crippen molar-refractivity contribution in [3.05, 3.63) is 34.4 Å². The van der Waals surface area contributed by atoms with Crippen LogP contribution in [0.15, 0.2) is 24.3 Å². The first-order valence-electron chi connectivity index (χ1n) is 6.83. The van der Waals surface area contributed by atoms with Gasteiger partial charge in [0.15, 0.2) is 0 Å². The number of ether oxygens (including phenoxy) is 2. The Morgan fingerprint density at radius 3 is 2.64 bits per heavy atom. The first-order chi connectivity index (χ1) is 11.9. The van der Waals surface area contributed by atoms with Crippen molar-refractivity contribution in [3.8, 4) is 5.75 Å². The second-order valence-corrected chi connectivity index (χ2v) is 5.06. The Morgan fingerprint density at radius 1 is 1.20 bits per heavy atom. The molecule has 1 radical (unpaired) electrons. The molecule has 1 heterocycles. The highest BCUT2D eigenvalue weighted by Gasteiger charge is 2.45. The molecule has 3 N–H and O–H groups in total. The molecular formula is C12H15NO11P. The highest BCUT2D eigenvalue weighted by Crippen LogP contribution is 2.26. The van der Waals surface area contributed by atoms with Gasteiger partial charge < -0.3 is 24.8 Å². The van der Waals surface area contributed by atoms with E-state index >= 15 is 0 Å². The smallest absolute Gasteiger partial charge is 0.273 e. The van der Waals surface area contributed by atoms with Crippen LogP contribution in [0, 0.1) is 10.1 Å². The highest BCUT2D eigenvalue weighted by molar-refractivity contribution is 7.09. The van der Waals surface area contributed by atoms with Gasteiger partial charge in [-0.15, -0.1) is 0 Å². The summed E-state index contributed by atoms with van der Waals surface area (Å²) in [4.78, 5) is 14.7. The van der Waals surface area contributed by atoms with Crippen LogP contribution in [-0.2, 0) is 24.4 Å². The van der Waals surface area contributed by atoms with Gasteiger partial charge in [-0.25, -0.2) is 4.89 Å². The molecule has 139 valence electrons. The molecule has 0 amide bonds. The monoisotopic (exact) mass is 380 g/mol. The van der Waals surface area contributed by atoms with Crippen molar-refractivity contribution in [1.29, 1.82) is 0 Å². The summed E-state index contributed by atoms with van der Waals surface area (Å²) in [6.45, 7) is -0.421. The van der Waals surface area contributed by atoms with E-state index in [9.17, 15) is 25.4 Å². The van der Waals surface area contributed by atoms with Gasteiger partial charge in [-0.2, -0.15) is 4.67 Å². The third kappa shape index (κ3) is 5.25. The maximum atomic E-state index is 10.8. The Labute approximate surface area is 143 Å². The minimum Gasteiger partial charge on any atom is -0.462 e. The molecule has 1 fully saturated rings. The molecule has 2 rings (SSSR count). The van der Waals surface area contributed by atoms with Gasteiger partial charge in [-0.3, -0.25) is 10.1 Å². The Kier molecular flexibility index (Phi) is 7.38. The lowest BCUT2D eigenvalue weighted by atomic mass is 9.99. The van der Waals surface area contributed by atoms with Gasteiger partial charge in [-0.05, 0) is 16.1 Å². The third-order valence-corrected chi connectivity index (χ3v) is 3.36. The Hall–Kier alpha value is -1.47. The van der Waals surface area contributed by atoms with Gasteiger partial charge in [0.05, 0.1) is 11.0 Å². The van der Waals surface area contributed by atoms with Crippen molar-refractivity contribution < 1.29 is 49.4 Å². The number of benzene rings is 1. The second-order valence-electron chi connectivity index (χ2n) is 4.89. The van der Waals surface area contributed by atoms with E-state index in [1.165, 1.54) is 18.2 Å². The fourth-order valence-electron chi connectivity index (χ4n) is 2.08. The minimum atomic E-state index is -1.63. The zero-order chi connectivity index (χ0) is 18.4. The largest absolute Gasteiger partial charge is 0.462 e. The molecule has 0 spiro atoms. The van der Waals surface area contributed by atoms with Gasteiger partial charge in [0, 0.05) is 6.07 Å². The van der Waals surface area contributed by atoms with E-state index in [1.54, 1.807) is 0 Å². The van der Waals surface area contributed by atoms with E-state index in [1.807, 2.05) is 0 Å². The number of rotatable bonds is 8. The van der Waals surface area contributed by atoms with Crippen LogP contribution in [0.5, 0.6) is 5.75 Å². The zero-order valence-electron chi connectivity index (χ0n) is 12.5. The van der Waals surface area contributed by atoms with Crippen LogP contribution in [-0.4, -0.2) is 57.6 Å². The number of hydrogen-bond acceptors (Lipinski definition) is 11. The first-order valence-corrected chi connectivity index (χ1v) is 7.24. The van der Waals surface area contributed by atoms with Crippen LogP contribution < -0.4 is 4.74 Å². The van der Waals surface area contributed by atoms with Crippen molar-refractivity contribution in [2.75, 3.05) is 6.61 Å². The predicted octanol–water partition coefficient (Wildman–Crippen LogP) is -0.350. The van der Waals surface area contributed by atoms with E-state index in [2.05, 4.69) is 29.1 Å². The highest BCUT2D eigenvalue weighted by atomic mass is 31.0. The molecule has 0 unspecified atom stereocenters. The van der Waals surface area contributed by atoms with E-state index in [0.717, 1.165) is 6.07 Å². The second kappa shape index (κ2) is 9.29. The predicted molar refractivity (Wildman–Crippen MR) is 77.9 cm³/mol. The standard InChI is InChI=1S/C12H15NO11P/c14-9-8(5-19-22-23-24-25)21-12(11(16)10(9)15)20-7-3-1-2-6(4-7)13(17)18/h1-4,8-12,14-16,25H,5H2/t8-,9+,10+,11-,12-/m1/s1. The lowest BCUT2D eigenvalue weighted by Crippen LogP contribution is -2.60. The molecule has 1 aliphatic rings.